The molecule has 6 nitrogen and oxygen atoms in total. The van der Waals surface area contributed by atoms with Crippen molar-refractivity contribution in [2.75, 3.05) is 6.54 Å². The summed E-state index contributed by atoms with van der Waals surface area (Å²) >= 11 is 0. The standard InChI is InChI=1S/C17H14N2O4/c20-15(23-11-12-4-3-8-18-10-12)7-9-19-16(21)13-5-1-2-6-14(13)17(19)22/h1-6,8,10H,7,9,11H2. The zero-order valence-corrected chi connectivity index (χ0v) is 12.3. The molecule has 0 aliphatic carbocycles. The molecule has 1 aromatic heterocycles. The first-order valence-electron chi connectivity index (χ1n) is 7.16. The van der Waals surface area contributed by atoms with Gasteiger partial charge in [-0.2, -0.15) is 0 Å². The molecule has 0 N–H and O–H groups in total. The van der Waals surface area contributed by atoms with E-state index >= 15 is 0 Å². The molecule has 2 amide bonds. The number of aromatic nitrogens is 1. The maximum atomic E-state index is 12.1. The van der Waals surface area contributed by atoms with Crippen molar-refractivity contribution < 1.29 is 19.1 Å². The summed E-state index contributed by atoms with van der Waals surface area (Å²) in [5, 5.41) is 0. The first-order valence-corrected chi connectivity index (χ1v) is 7.16. The molecule has 0 bridgehead atoms. The Morgan fingerprint density at radius 3 is 2.35 bits per heavy atom. The van der Waals surface area contributed by atoms with Crippen LogP contribution < -0.4 is 0 Å². The van der Waals surface area contributed by atoms with Gasteiger partial charge in [-0.15, -0.1) is 0 Å². The predicted molar refractivity (Wildman–Crippen MR) is 80.5 cm³/mol. The SMILES string of the molecule is O=C(CCN1C(=O)c2ccccc2C1=O)OCc1cccnc1. The second-order valence-electron chi connectivity index (χ2n) is 5.08. The summed E-state index contributed by atoms with van der Waals surface area (Å²) in [5.41, 5.74) is 1.53. The number of hydrogen-bond acceptors (Lipinski definition) is 5. The molecule has 3 rings (SSSR count). The van der Waals surface area contributed by atoms with Gasteiger partial charge < -0.3 is 4.74 Å². The first kappa shape index (κ1) is 14.9. The quantitative estimate of drug-likeness (QED) is 0.622. The summed E-state index contributed by atoms with van der Waals surface area (Å²) in [6, 6.07) is 10.2. The maximum absolute atomic E-state index is 12.1. The summed E-state index contributed by atoms with van der Waals surface area (Å²) in [6.07, 6.45) is 3.21. The molecule has 0 fully saturated rings. The van der Waals surface area contributed by atoms with E-state index in [1.54, 1.807) is 48.8 Å². The van der Waals surface area contributed by atoms with Crippen LogP contribution >= 0.6 is 0 Å². The lowest BCUT2D eigenvalue weighted by Gasteiger charge is -2.13. The number of fused-ring (bicyclic) bond motifs is 1. The molecule has 0 radical (unpaired) electrons. The van der Waals surface area contributed by atoms with Crippen LogP contribution in [0.4, 0.5) is 0 Å². The molecule has 2 aromatic rings. The molecular weight excluding hydrogens is 296 g/mol. The first-order chi connectivity index (χ1) is 11.2. The van der Waals surface area contributed by atoms with Gasteiger partial charge in [-0.3, -0.25) is 24.3 Å². The third-order valence-corrected chi connectivity index (χ3v) is 3.54. The predicted octanol–water partition coefficient (Wildman–Crippen LogP) is 1.81. The van der Waals surface area contributed by atoms with E-state index < -0.39 is 5.97 Å². The smallest absolute Gasteiger partial charge is 0.307 e. The molecule has 6 heteroatoms. The van der Waals surface area contributed by atoms with Gasteiger partial charge in [0.05, 0.1) is 17.5 Å². The third-order valence-electron chi connectivity index (χ3n) is 3.54. The van der Waals surface area contributed by atoms with Gasteiger partial charge in [0.25, 0.3) is 11.8 Å². The van der Waals surface area contributed by atoms with Crippen LogP contribution in [0.1, 0.15) is 32.7 Å². The fourth-order valence-electron chi connectivity index (χ4n) is 2.36. The molecule has 2 heterocycles. The normalized spacial score (nSPS) is 13.1. The highest BCUT2D eigenvalue weighted by Crippen LogP contribution is 2.22. The van der Waals surface area contributed by atoms with Crippen LogP contribution in [0.15, 0.2) is 48.8 Å². The minimum absolute atomic E-state index is 0.0121. The number of rotatable bonds is 5. The van der Waals surface area contributed by atoms with E-state index in [9.17, 15) is 14.4 Å². The monoisotopic (exact) mass is 310 g/mol. The van der Waals surface area contributed by atoms with Crippen molar-refractivity contribution in [2.45, 2.75) is 13.0 Å². The van der Waals surface area contributed by atoms with E-state index in [1.165, 1.54) is 0 Å². The zero-order valence-electron chi connectivity index (χ0n) is 12.3. The van der Waals surface area contributed by atoms with E-state index in [4.69, 9.17) is 4.74 Å². The summed E-state index contributed by atoms with van der Waals surface area (Å²) in [4.78, 5) is 41.1. The Balaban J connectivity index is 1.54. The van der Waals surface area contributed by atoms with E-state index in [2.05, 4.69) is 4.98 Å². The number of benzene rings is 1. The second-order valence-corrected chi connectivity index (χ2v) is 5.08. The number of hydrogen-bond donors (Lipinski definition) is 0. The molecule has 0 saturated heterocycles. The van der Waals surface area contributed by atoms with Gasteiger partial charge in [-0.25, -0.2) is 0 Å². The van der Waals surface area contributed by atoms with Crippen LogP contribution in [0.2, 0.25) is 0 Å². The van der Waals surface area contributed by atoms with Gasteiger partial charge in [0.2, 0.25) is 0 Å². The Morgan fingerprint density at radius 1 is 1.04 bits per heavy atom. The highest BCUT2D eigenvalue weighted by Gasteiger charge is 2.35. The highest BCUT2D eigenvalue weighted by molar-refractivity contribution is 6.21. The van der Waals surface area contributed by atoms with Gasteiger partial charge in [0.1, 0.15) is 6.61 Å². The molecule has 0 atom stereocenters. The summed E-state index contributed by atoms with van der Waals surface area (Å²) in [6.45, 7) is 0.132. The molecule has 0 spiro atoms. The molecule has 1 aromatic carbocycles. The summed E-state index contributed by atoms with van der Waals surface area (Å²) in [7, 11) is 0. The van der Waals surface area contributed by atoms with Crippen LogP contribution in [0.5, 0.6) is 0 Å². The Kier molecular flexibility index (Phi) is 4.14. The Morgan fingerprint density at radius 2 is 1.74 bits per heavy atom. The number of amides is 2. The van der Waals surface area contributed by atoms with Crippen molar-refractivity contribution in [3.05, 3.63) is 65.5 Å². The largest absolute Gasteiger partial charge is 0.461 e. The van der Waals surface area contributed by atoms with Crippen LogP contribution in [-0.4, -0.2) is 34.2 Å². The molecule has 0 saturated carbocycles. The molecule has 23 heavy (non-hydrogen) atoms. The Labute approximate surface area is 132 Å². The highest BCUT2D eigenvalue weighted by atomic mass is 16.5. The number of pyridine rings is 1. The van der Waals surface area contributed by atoms with Gasteiger partial charge in [0, 0.05) is 24.5 Å². The maximum Gasteiger partial charge on any atom is 0.307 e. The van der Waals surface area contributed by atoms with Crippen LogP contribution in [-0.2, 0) is 16.1 Å². The zero-order chi connectivity index (χ0) is 16.2. The van der Waals surface area contributed by atoms with Gasteiger partial charge >= 0.3 is 5.97 Å². The number of nitrogens with zero attached hydrogens (tertiary/aromatic N) is 2. The van der Waals surface area contributed by atoms with Gasteiger partial charge in [-0.1, -0.05) is 18.2 Å². The molecule has 1 aliphatic heterocycles. The van der Waals surface area contributed by atoms with Crippen LogP contribution in [0.3, 0.4) is 0 Å². The topological polar surface area (TPSA) is 76.6 Å². The number of imide groups is 1. The number of carbonyl (C=O) groups excluding carboxylic acids is 3. The Bertz CT molecular complexity index is 723. The third kappa shape index (κ3) is 3.11. The lowest BCUT2D eigenvalue weighted by molar-refractivity contribution is -0.145. The lowest BCUT2D eigenvalue weighted by atomic mass is 10.1. The average molecular weight is 310 g/mol. The molecule has 0 unspecified atom stereocenters. The number of esters is 1. The summed E-state index contributed by atoms with van der Waals surface area (Å²) in [5.74, 6) is -1.21. The molecule has 116 valence electrons. The Hall–Kier alpha value is -3.02. The number of carbonyl (C=O) groups is 3. The molecule has 1 aliphatic rings. The summed E-state index contributed by atoms with van der Waals surface area (Å²) < 4.78 is 5.11. The van der Waals surface area contributed by atoms with Crippen molar-refractivity contribution in [2.24, 2.45) is 0 Å². The lowest BCUT2D eigenvalue weighted by Crippen LogP contribution is -2.32. The minimum Gasteiger partial charge on any atom is -0.461 e. The molecular formula is C17H14N2O4. The van der Waals surface area contributed by atoms with E-state index in [-0.39, 0.29) is 31.4 Å². The minimum atomic E-state index is -0.467. The van der Waals surface area contributed by atoms with Crippen LogP contribution in [0, 0.1) is 0 Å². The van der Waals surface area contributed by atoms with Crippen molar-refractivity contribution in [1.82, 2.24) is 9.88 Å². The van der Waals surface area contributed by atoms with E-state index in [1.807, 2.05) is 0 Å². The van der Waals surface area contributed by atoms with Gasteiger partial charge in [-0.05, 0) is 18.2 Å². The van der Waals surface area contributed by atoms with Crippen molar-refractivity contribution in [1.29, 1.82) is 0 Å². The fraction of sp³-hybridized carbons (Fsp3) is 0.176. The van der Waals surface area contributed by atoms with Crippen LogP contribution in [0.25, 0.3) is 0 Å². The van der Waals surface area contributed by atoms with Gasteiger partial charge in [0.15, 0.2) is 0 Å². The number of ether oxygens (including phenoxy) is 1. The van der Waals surface area contributed by atoms with Crippen molar-refractivity contribution in [3.8, 4) is 0 Å². The van der Waals surface area contributed by atoms with E-state index in [0.29, 0.717) is 11.1 Å². The fourth-order valence-corrected chi connectivity index (χ4v) is 2.36. The average Bonchev–Trinajstić information content (AvgIpc) is 2.83. The second kappa shape index (κ2) is 6.39. The van der Waals surface area contributed by atoms with E-state index in [0.717, 1.165) is 10.5 Å². The van der Waals surface area contributed by atoms with Crippen molar-refractivity contribution >= 4 is 17.8 Å². The van der Waals surface area contributed by atoms with Crippen molar-refractivity contribution in [3.63, 3.8) is 0 Å².